The van der Waals surface area contributed by atoms with Gasteiger partial charge in [-0.05, 0) is 42.3 Å². The molecule has 4 rings (SSSR count). The molecular weight excluding hydrogens is 538 g/mol. The van der Waals surface area contributed by atoms with E-state index in [0.717, 1.165) is 19.1 Å². The van der Waals surface area contributed by atoms with Crippen molar-refractivity contribution in [1.29, 1.82) is 0 Å². The monoisotopic (exact) mass is 555 g/mol. The summed E-state index contributed by atoms with van der Waals surface area (Å²) in [5.74, 6) is -3.03. The summed E-state index contributed by atoms with van der Waals surface area (Å²) < 4.78 is 54.4. The molecule has 0 bridgehead atoms. The van der Waals surface area contributed by atoms with E-state index in [2.05, 4.69) is 21.2 Å². The highest BCUT2D eigenvalue weighted by Gasteiger charge is 2.58. The lowest BCUT2D eigenvalue weighted by atomic mass is 9.92. The average molecular weight is 556 g/mol. The first-order valence-electron chi connectivity index (χ1n) is 10.4. The molecule has 1 aliphatic carbocycles. The molecule has 2 aliphatic rings. The largest absolute Gasteiger partial charge is 0.408 e. The Hall–Kier alpha value is -3.28. The van der Waals surface area contributed by atoms with Gasteiger partial charge in [0.05, 0.1) is 0 Å². The normalized spacial score (nSPS) is 20.3. The number of ketones is 1. The number of carbonyl (C=O) groups is 4. The number of hydrogen-bond acceptors (Lipinski definition) is 4. The first kappa shape index (κ1) is 24.8. The Labute approximate surface area is 205 Å². The van der Waals surface area contributed by atoms with Gasteiger partial charge in [-0.1, -0.05) is 34.1 Å². The molecule has 1 fully saturated rings. The van der Waals surface area contributed by atoms with Crippen molar-refractivity contribution in [3.63, 3.8) is 0 Å². The Kier molecular flexibility index (Phi) is 6.20. The van der Waals surface area contributed by atoms with Crippen molar-refractivity contribution in [3.8, 4) is 0 Å². The minimum Gasteiger partial charge on any atom is -0.325 e. The molecule has 12 heteroatoms. The fraction of sp³-hybridized carbons (Fsp3) is 0.304. The zero-order chi connectivity index (χ0) is 25.7. The highest BCUT2D eigenvalue weighted by molar-refractivity contribution is 9.10. The molecule has 2 atom stereocenters. The predicted octanol–water partition coefficient (Wildman–Crippen LogP) is 3.90. The second-order valence-electron chi connectivity index (χ2n) is 8.38. The van der Waals surface area contributed by atoms with E-state index in [0.29, 0.717) is 14.3 Å². The summed E-state index contributed by atoms with van der Waals surface area (Å²) in [6.45, 7) is -0.712. The fourth-order valence-corrected chi connectivity index (χ4v) is 4.61. The molecule has 1 heterocycles. The Bertz CT molecular complexity index is 1230. The second kappa shape index (κ2) is 8.74. The molecule has 0 aromatic heterocycles. The molecule has 4 amide bonds. The quantitative estimate of drug-likeness (QED) is 0.448. The van der Waals surface area contributed by atoms with Gasteiger partial charge in [-0.15, -0.1) is 0 Å². The molecule has 2 unspecified atom stereocenters. The number of imide groups is 1. The molecule has 1 saturated heterocycles. The van der Waals surface area contributed by atoms with Gasteiger partial charge in [0, 0.05) is 23.0 Å². The number of halogens is 5. The van der Waals surface area contributed by atoms with Crippen LogP contribution in [0.2, 0.25) is 0 Å². The lowest BCUT2D eigenvalue weighted by Crippen LogP contribution is -2.51. The van der Waals surface area contributed by atoms with E-state index in [1.165, 1.54) is 24.3 Å². The highest BCUT2D eigenvalue weighted by Crippen LogP contribution is 2.42. The van der Waals surface area contributed by atoms with Crippen molar-refractivity contribution in [3.05, 3.63) is 69.4 Å². The number of hydrogen-bond donors (Lipinski definition) is 1. The van der Waals surface area contributed by atoms with Gasteiger partial charge in [-0.3, -0.25) is 19.3 Å². The predicted molar refractivity (Wildman–Crippen MR) is 117 cm³/mol. The van der Waals surface area contributed by atoms with Crippen molar-refractivity contribution < 1.29 is 36.7 Å². The van der Waals surface area contributed by atoms with E-state index in [9.17, 15) is 36.7 Å². The number of nitrogens with one attached hydrogen (secondary N) is 1. The molecule has 0 radical (unpaired) electrons. The van der Waals surface area contributed by atoms with Crippen molar-refractivity contribution >= 4 is 39.6 Å². The van der Waals surface area contributed by atoms with E-state index < -0.39 is 60.3 Å². The number of urea groups is 1. The SMILES string of the molecule is CC(N(Cc1ccc(F)cc1)C(=O)CN1C(=O)NC2(CC(=O)c3cc(Br)ccc32)C1=O)C(F)(F)F. The third-order valence-corrected chi connectivity index (χ3v) is 6.66. The zero-order valence-corrected chi connectivity index (χ0v) is 19.7. The third kappa shape index (κ3) is 4.42. The molecule has 35 heavy (non-hydrogen) atoms. The first-order valence-corrected chi connectivity index (χ1v) is 11.2. The van der Waals surface area contributed by atoms with Crippen LogP contribution in [0.3, 0.4) is 0 Å². The van der Waals surface area contributed by atoms with Crippen LogP contribution in [0.5, 0.6) is 0 Å². The van der Waals surface area contributed by atoms with Crippen LogP contribution >= 0.6 is 15.9 Å². The minimum atomic E-state index is -4.79. The number of amides is 4. The molecule has 1 N–H and O–H groups in total. The van der Waals surface area contributed by atoms with Gasteiger partial charge in [0.25, 0.3) is 5.91 Å². The fourth-order valence-electron chi connectivity index (χ4n) is 4.25. The van der Waals surface area contributed by atoms with Crippen LogP contribution in [0, 0.1) is 5.82 Å². The maximum atomic E-state index is 13.5. The van der Waals surface area contributed by atoms with Crippen LogP contribution in [0.1, 0.15) is 34.8 Å². The van der Waals surface area contributed by atoms with E-state index in [-0.39, 0.29) is 23.1 Å². The zero-order valence-electron chi connectivity index (χ0n) is 18.2. The summed E-state index contributed by atoms with van der Waals surface area (Å²) in [4.78, 5) is 52.5. The van der Waals surface area contributed by atoms with E-state index >= 15 is 0 Å². The summed E-state index contributed by atoms with van der Waals surface area (Å²) in [7, 11) is 0. The molecule has 0 saturated carbocycles. The van der Waals surface area contributed by atoms with E-state index in [4.69, 9.17) is 0 Å². The summed E-state index contributed by atoms with van der Waals surface area (Å²) in [5.41, 5.74) is -1.01. The van der Waals surface area contributed by atoms with Crippen LogP contribution in [0.15, 0.2) is 46.9 Å². The second-order valence-corrected chi connectivity index (χ2v) is 9.30. The van der Waals surface area contributed by atoms with Crippen LogP contribution in [0.4, 0.5) is 22.4 Å². The van der Waals surface area contributed by atoms with Crippen LogP contribution < -0.4 is 5.32 Å². The van der Waals surface area contributed by atoms with Crippen molar-refractivity contribution in [2.75, 3.05) is 6.54 Å². The van der Waals surface area contributed by atoms with Crippen molar-refractivity contribution in [2.45, 2.75) is 37.6 Å². The van der Waals surface area contributed by atoms with Gasteiger partial charge in [-0.25, -0.2) is 9.18 Å². The summed E-state index contributed by atoms with van der Waals surface area (Å²) in [6.07, 6.45) is -5.16. The summed E-state index contributed by atoms with van der Waals surface area (Å²) >= 11 is 3.24. The van der Waals surface area contributed by atoms with Gasteiger partial charge < -0.3 is 10.2 Å². The third-order valence-electron chi connectivity index (χ3n) is 6.16. The molecule has 1 aliphatic heterocycles. The number of carbonyl (C=O) groups excluding carboxylic acids is 4. The van der Waals surface area contributed by atoms with Gasteiger partial charge in [0.2, 0.25) is 5.91 Å². The Morgan fingerprint density at radius 2 is 1.83 bits per heavy atom. The highest BCUT2D eigenvalue weighted by atomic mass is 79.9. The van der Waals surface area contributed by atoms with Gasteiger partial charge in [0.15, 0.2) is 11.3 Å². The van der Waals surface area contributed by atoms with Crippen molar-refractivity contribution in [2.24, 2.45) is 0 Å². The first-order chi connectivity index (χ1) is 16.3. The van der Waals surface area contributed by atoms with Gasteiger partial charge in [-0.2, -0.15) is 13.2 Å². The van der Waals surface area contributed by atoms with Gasteiger partial charge >= 0.3 is 12.2 Å². The number of alkyl halides is 3. The minimum absolute atomic E-state index is 0.227. The topological polar surface area (TPSA) is 86.8 Å². The number of rotatable bonds is 5. The Morgan fingerprint density at radius 3 is 2.46 bits per heavy atom. The average Bonchev–Trinajstić information content (AvgIpc) is 3.19. The maximum Gasteiger partial charge on any atom is 0.408 e. The molecule has 2 aromatic carbocycles. The smallest absolute Gasteiger partial charge is 0.325 e. The summed E-state index contributed by atoms with van der Waals surface area (Å²) in [5, 5.41) is 2.46. The molecule has 1 spiro atoms. The lowest BCUT2D eigenvalue weighted by Gasteiger charge is -2.32. The van der Waals surface area contributed by atoms with E-state index in [1.54, 1.807) is 6.07 Å². The van der Waals surface area contributed by atoms with Crippen LogP contribution in [-0.2, 0) is 21.7 Å². The van der Waals surface area contributed by atoms with Crippen LogP contribution in [-0.4, -0.2) is 52.2 Å². The molecular formula is C23H18BrF4N3O4. The van der Waals surface area contributed by atoms with Crippen LogP contribution in [0.25, 0.3) is 0 Å². The van der Waals surface area contributed by atoms with Gasteiger partial charge in [0.1, 0.15) is 18.4 Å². The van der Waals surface area contributed by atoms with Crippen molar-refractivity contribution in [1.82, 2.24) is 15.1 Å². The standard InChI is InChI=1S/C23H18BrF4N3O4/c1-12(23(26,27)28)30(10-13-2-5-15(25)6-3-13)19(33)11-31-20(34)22(29-21(31)35)9-18(32)16-8-14(24)4-7-17(16)22/h2-8,12H,9-11H2,1H3,(H,29,35). The lowest BCUT2D eigenvalue weighted by molar-refractivity contribution is -0.187. The summed E-state index contributed by atoms with van der Waals surface area (Å²) in [6, 6.07) is 5.92. The number of Topliss-reactive ketones (excluding diaryl/α,β-unsaturated/α-hetero) is 1. The Morgan fingerprint density at radius 1 is 1.17 bits per heavy atom. The van der Waals surface area contributed by atoms with E-state index in [1.807, 2.05) is 0 Å². The number of nitrogens with zero attached hydrogens (tertiary/aromatic N) is 2. The molecule has 2 aromatic rings. The Balaban J connectivity index is 1.61. The number of fused-ring (bicyclic) bond motifs is 2. The maximum absolute atomic E-state index is 13.5. The molecule has 184 valence electrons. The molecule has 7 nitrogen and oxygen atoms in total. The number of benzene rings is 2.